The number of hydrogen-bond acceptors (Lipinski definition) is 10. The van der Waals surface area contributed by atoms with Crippen LogP contribution in [-0.4, -0.2) is 62.5 Å². The Hall–Kier alpha value is -5.98. The van der Waals surface area contributed by atoms with Gasteiger partial charge in [0.2, 0.25) is 17.7 Å². The lowest BCUT2D eigenvalue weighted by molar-refractivity contribution is -0.154. The summed E-state index contributed by atoms with van der Waals surface area (Å²) in [6, 6.07) is 13.4. The number of benzene rings is 3. The van der Waals surface area contributed by atoms with Gasteiger partial charge < -0.3 is 31.1 Å². The number of carbonyl (C=O) groups is 4. The van der Waals surface area contributed by atoms with Crippen LogP contribution >= 0.6 is 11.6 Å². The average Bonchev–Trinajstić information content (AvgIpc) is 3.89. The van der Waals surface area contributed by atoms with Gasteiger partial charge >= 0.3 is 24.3 Å². The Bertz CT molecular complexity index is 2010. The molecule has 3 aromatic carbocycles. The van der Waals surface area contributed by atoms with Crippen molar-refractivity contribution < 1.29 is 55.4 Å². The number of nitrogens with one attached hydrogen (secondary N) is 4. The highest BCUT2D eigenvalue weighted by Gasteiger charge is 2.45. The molecule has 4 aromatic rings. The van der Waals surface area contributed by atoms with E-state index in [1.54, 1.807) is 24.3 Å². The molecule has 1 fully saturated rings. The summed E-state index contributed by atoms with van der Waals surface area (Å²) in [7, 11) is 0. The number of carboxylic acid groups (broad SMARTS) is 1. The molecule has 20 heteroatoms. The number of aromatic nitrogens is 3. The highest BCUT2D eigenvalue weighted by molar-refractivity contribution is 6.40. The Morgan fingerprint density at radius 2 is 1.44 bits per heavy atom. The lowest BCUT2D eigenvalue weighted by Crippen LogP contribution is -2.41. The molecule has 1 heterocycles. The number of hydrogen-bond donors (Lipinski definition) is 5. The zero-order valence-electron chi connectivity index (χ0n) is 27.5. The third-order valence-electron chi connectivity index (χ3n) is 7.87. The molecule has 13 nitrogen and oxygen atoms in total. The minimum Gasteiger partial charge on any atom is -0.480 e. The monoisotopic (exact) mass is 779 g/mol. The molecular formula is C34H28ClF6N7O6. The first kappa shape index (κ1) is 39.2. The molecule has 0 spiro atoms. The Morgan fingerprint density at radius 1 is 0.833 bits per heavy atom. The van der Waals surface area contributed by atoms with Crippen molar-refractivity contribution in [2.45, 2.75) is 49.6 Å². The van der Waals surface area contributed by atoms with Crippen molar-refractivity contribution in [2.75, 3.05) is 22.6 Å². The molecule has 54 heavy (non-hydrogen) atoms. The average molecular weight is 780 g/mol. The summed E-state index contributed by atoms with van der Waals surface area (Å²) in [5.74, 6) is -4.92. The lowest BCUT2D eigenvalue weighted by atomic mass is 10.1. The van der Waals surface area contributed by atoms with Crippen LogP contribution in [0.3, 0.4) is 0 Å². The third-order valence-corrected chi connectivity index (χ3v) is 8.12. The minimum absolute atomic E-state index is 0.0241. The van der Waals surface area contributed by atoms with E-state index in [1.807, 2.05) is 0 Å². The van der Waals surface area contributed by atoms with Crippen LogP contribution in [-0.2, 0) is 26.1 Å². The fraction of sp³-hybridized carbons (Fsp3) is 0.265. The van der Waals surface area contributed by atoms with Gasteiger partial charge in [-0.25, -0.2) is 4.79 Å². The first-order valence-electron chi connectivity index (χ1n) is 15.8. The molecule has 0 bridgehead atoms. The van der Waals surface area contributed by atoms with E-state index < -0.39 is 78.5 Å². The molecule has 5 N–H and O–H groups in total. The van der Waals surface area contributed by atoms with Gasteiger partial charge in [-0.3, -0.25) is 14.4 Å². The Labute approximate surface area is 306 Å². The van der Waals surface area contributed by atoms with Crippen LogP contribution in [0, 0.1) is 0 Å². The number of aliphatic carboxylic acids is 1. The van der Waals surface area contributed by atoms with E-state index in [1.165, 1.54) is 24.3 Å². The molecule has 0 saturated heterocycles. The van der Waals surface area contributed by atoms with Crippen LogP contribution in [0.15, 0.2) is 72.8 Å². The summed E-state index contributed by atoms with van der Waals surface area (Å²) < 4.78 is 81.8. The topological polar surface area (TPSA) is 185 Å². The predicted molar refractivity (Wildman–Crippen MR) is 180 cm³/mol. The molecule has 2 amide bonds. The van der Waals surface area contributed by atoms with Gasteiger partial charge in [0.15, 0.2) is 6.61 Å². The van der Waals surface area contributed by atoms with Gasteiger partial charge in [0.05, 0.1) is 11.1 Å². The molecule has 1 atom stereocenters. The fourth-order valence-corrected chi connectivity index (χ4v) is 5.06. The maximum Gasteiger partial charge on any atom is 0.422 e. The number of nitrogens with zero attached hydrogens (tertiary/aromatic N) is 3. The SMILES string of the molecule is O=C(CC[C@H](NC(=O)c1ccc(Nc2nc(NC3(c4ccc(Cl)cc4)CC3)nc(OCC(F)(F)F)n2)cc1)C(=O)O)C(=O)Nc1ccc(C(F)(F)F)cc1. The van der Waals surface area contributed by atoms with Crippen LogP contribution in [0.5, 0.6) is 6.01 Å². The molecule has 0 radical (unpaired) electrons. The molecule has 1 aliphatic rings. The summed E-state index contributed by atoms with van der Waals surface area (Å²) in [6.07, 6.45) is -9.04. The summed E-state index contributed by atoms with van der Waals surface area (Å²) >= 11 is 6.00. The first-order chi connectivity index (χ1) is 25.4. The largest absolute Gasteiger partial charge is 0.480 e. The van der Waals surface area contributed by atoms with Crippen LogP contribution in [0.1, 0.15) is 47.2 Å². The van der Waals surface area contributed by atoms with Crippen LogP contribution in [0.2, 0.25) is 5.02 Å². The third kappa shape index (κ3) is 10.8. The number of ketones is 1. The first-order valence-corrected chi connectivity index (χ1v) is 16.2. The predicted octanol–water partition coefficient (Wildman–Crippen LogP) is 6.50. The smallest absolute Gasteiger partial charge is 0.422 e. The Balaban J connectivity index is 1.20. The lowest BCUT2D eigenvalue weighted by Gasteiger charge is -2.19. The second-order valence-corrected chi connectivity index (χ2v) is 12.4. The van der Waals surface area contributed by atoms with E-state index in [4.69, 9.17) is 16.3 Å². The number of alkyl halides is 6. The van der Waals surface area contributed by atoms with Gasteiger partial charge in [-0.15, -0.1) is 0 Å². The molecule has 1 aromatic heterocycles. The number of halogens is 7. The molecule has 284 valence electrons. The van der Waals surface area contributed by atoms with Crippen molar-refractivity contribution in [3.63, 3.8) is 0 Å². The van der Waals surface area contributed by atoms with E-state index in [2.05, 4.69) is 36.2 Å². The molecule has 1 aliphatic carbocycles. The van der Waals surface area contributed by atoms with Gasteiger partial charge in [0.1, 0.15) is 6.04 Å². The molecular weight excluding hydrogens is 752 g/mol. The molecule has 1 saturated carbocycles. The minimum atomic E-state index is -4.67. The number of rotatable bonds is 15. The normalized spacial score (nSPS) is 14.0. The standard InChI is InChI=1S/C34H28ClF6N7O6/c35-21-7-3-19(4-8-21)32(15-16-32)48-30-45-29(46-31(47-30)54-17-33(36,37)38)43-23-9-1-18(2-10-23)26(50)44-24(28(52)53)13-14-25(49)27(51)42-22-11-5-20(6-12-22)34(39,40)41/h1-12,24H,13-17H2,(H,42,51)(H,44,50)(H,52,53)(H2,43,45,46,47,48)/t24-/m0/s1. The summed E-state index contributed by atoms with van der Waals surface area (Å²) in [5.41, 5.74) is -0.555. The molecule has 0 aliphatic heterocycles. The van der Waals surface area contributed by atoms with E-state index in [0.717, 1.165) is 17.7 Å². The molecule has 0 unspecified atom stereocenters. The highest BCUT2D eigenvalue weighted by atomic mass is 35.5. The Kier molecular flexibility index (Phi) is 11.6. The van der Waals surface area contributed by atoms with Gasteiger partial charge in [-0.1, -0.05) is 23.7 Å². The van der Waals surface area contributed by atoms with Gasteiger partial charge in [0.25, 0.3) is 11.8 Å². The van der Waals surface area contributed by atoms with Crippen molar-refractivity contribution in [3.8, 4) is 6.01 Å². The number of carbonyl (C=O) groups excluding carboxylic acids is 3. The summed E-state index contributed by atoms with van der Waals surface area (Å²) in [4.78, 5) is 61.4. The van der Waals surface area contributed by atoms with Gasteiger partial charge in [0, 0.05) is 28.4 Å². The summed E-state index contributed by atoms with van der Waals surface area (Å²) in [5, 5.41) is 20.4. The van der Waals surface area contributed by atoms with E-state index in [0.29, 0.717) is 30.0 Å². The van der Waals surface area contributed by atoms with Crippen LogP contribution in [0.25, 0.3) is 0 Å². The quantitative estimate of drug-likeness (QED) is 0.0656. The molecule has 5 rings (SSSR count). The van der Waals surface area contributed by atoms with Crippen molar-refractivity contribution in [1.82, 2.24) is 20.3 Å². The van der Waals surface area contributed by atoms with Crippen molar-refractivity contribution in [2.24, 2.45) is 0 Å². The zero-order chi connectivity index (χ0) is 39.3. The number of anilines is 4. The zero-order valence-corrected chi connectivity index (χ0v) is 28.3. The second kappa shape index (κ2) is 15.9. The van der Waals surface area contributed by atoms with Gasteiger partial charge in [-0.2, -0.15) is 41.3 Å². The maximum absolute atomic E-state index is 12.9. The Morgan fingerprint density at radius 3 is 2.02 bits per heavy atom. The number of amides is 2. The number of carboxylic acids is 1. The van der Waals surface area contributed by atoms with Crippen molar-refractivity contribution >= 4 is 58.4 Å². The number of Topliss-reactive ketones (excluding diaryl/α,β-unsaturated/α-hetero) is 1. The van der Waals surface area contributed by atoms with E-state index in [-0.39, 0.29) is 28.8 Å². The maximum atomic E-state index is 12.9. The summed E-state index contributed by atoms with van der Waals surface area (Å²) in [6.45, 7) is -1.66. The van der Waals surface area contributed by atoms with Crippen LogP contribution < -0.4 is 26.0 Å². The van der Waals surface area contributed by atoms with Crippen molar-refractivity contribution in [3.05, 3.63) is 94.5 Å². The van der Waals surface area contributed by atoms with E-state index >= 15 is 0 Å². The highest BCUT2D eigenvalue weighted by Crippen LogP contribution is 2.48. The second-order valence-electron chi connectivity index (χ2n) is 11.9. The van der Waals surface area contributed by atoms with Crippen LogP contribution in [0.4, 0.5) is 49.6 Å². The van der Waals surface area contributed by atoms with E-state index in [9.17, 15) is 50.6 Å². The van der Waals surface area contributed by atoms with Gasteiger partial charge in [-0.05, 0) is 85.5 Å². The van der Waals surface area contributed by atoms with Crippen molar-refractivity contribution in [1.29, 1.82) is 0 Å². The fourth-order valence-electron chi connectivity index (χ4n) is 4.94. The number of ether oxygens (including phenoxy) is 1.